The minimum absolute atomic E-state index is 0.00921. The first kappa shape index (κ1) is 15.5. The zero-order chi connectivity index (χ0) is 16.4. The Balaban J connectivity index is 1.73. The molecule has 0 saturated heterocycles. The number of aldehydes is 1. The maximum atomic E-state index is 12.4. The van der Waals surface area contributed by atoms with Crippen LogP contribution >= 0.6 is 0 Å². The number of fused-ring (bicyclic) bond motifs is 5. The molecule has 23 heavy (non-hydrogen) atoms. The first-order chi connectivity index (χ1) is 10.9. The Hall–Kier alpha value is -1.00. The number of hydrogen-bond acceptors (Lipinski definition) is 4. The van der Waals surface area contributed by atoms with Gasteiger partial charge in [-0.2, -0.15) is 0 Å². The van der Waals surface area contributed by atoms with Gasteiger partial charge in [-0.25, -0.2) is 0 Å². The molecular formula is C19H26O4. The SMILES string of the molecule is C[C@]12CC[C@@H]3[C@@H](CC=C4CC(O)CC[C@@]43C=O)[C@@H]1CC(O)C2=O. The van der Waals surface area contributed by atoms with E-state index >= 15 is 0 Å². The first-order valence-corrected chi connectivity index (χ1v) is 8.98. The molecule has 0 aliphatic heterocycles. The molecule has 7 atom stereocenters. The molecule has 2 unspecified atom stereocenters. The third-order valence-electron chi connectivity index (χ3n) is 7.62. The largest absolute Gasteiger partial charge is 0.393 e. The number of aliphatic hydroxyl groups excluding tert-OH is 2. The Bertz CT molecular complexity index is 582. The summed E-state index contributed by atoms with van der Waals surface area (Å²) in [6.07, 6.45) is 7.27. The monoisotopic (exact) mass is 318 g/mol. The molecule has 4 rings (SSSR count). The van der Waals surface area contributed by atoms with E-state index in [4.69, 9.17) is 0 Å². The molecule has 0 aromatic rings. The number of ketones is 1. The highest BCUT2D eigenvalue weighted by atomic mass is 16.3. The van der Waals surface area contributed by atoms with Gasteiger partial charge in [0, 0.05) is 5.41 Å². The third kappa shape index (κ3) is 1.91. The summed E-state index contributed by atoms with van der Waals surface area (Å²) in [6.45, 7) is 2.02. The quantitative estimate of drug-likeness (QED) is 0.573. The maximum absolute atomic E-state index is 12.4. The lowest BCUT2D eigenvalue weighted by Crippen LogP contribution is -2.52. The van der Waals surface area contributed by atoms with Gasteiger partial charge < -0.3 is 15.0 Å². The van der Waals surface area contributed by atoms with Crippen molar-refractivity contribution in [1.29, 1.82) is 0 Å². The van der Waals surface area contributed by atoms with Gasteiger partial charge in [-0.1, -0.05) is 18.6 Å². The molecule has 0 aromatic carbocycles. The molecular weight excluding hydrogens is 292 g/mol. The van der Waals surface area contributed by atoms with Gasteiger partial charge in [0.2, 0.25) is 0 Å². The van der Waals surface area contributed by atoms with Crippen LogP contribution in [0.5, 0.6) is 0 Å². The van der Waals surface area contributed by atoms with Crippen molar-refractivity contribution in [3.05, 3.63) is 11.6 Å². The van der Waals surface area contributed by atoms with E-state index in [9.17, 15) is 19.8 Å². The Morgan fingerprint density at radius 2 is 2.00 bits per heavy atom. The van der Waals surface area contributed by atoms with E-state index in [0.717, 1.165) is 37.5 Å². The van der Waals surface area contributed by atoms with Crippen molar-refractivity contribution in [2.75, 3.05) is 0 Å². The number of aliphatic hydroxyl groups is 2. The standard InChI is InChI=1S/C19H26O4/c1-18-6-5-14-13(15(18)9-16(22)17(18)23)3-2-11-8-12(21)4-7-19(11,14)10-20/h2,10,12-16,21-22H,3-9H2,1H3/t12?,13-,14-,15+,16?,18+,19-/m1/s1. The predicted octanol–water partition coefficient (Wildman–Crippen LogP) is 2.03. The van der Waals surface area contributed by atoms with E-state index < -0.39 is 16.9 Å². The Kier molecular flexibility index (Phi) is 3.37. The van der Waals surface area contributed by atoms with Crippen LogP contribution in [0.25, 0.3) is 0 Å². The van der Waals surface area contributed by atoms with E-state index in [0.29, 0.717) is 25.2 Å². The molecule has 0 spiro atoms. The minimum Gasteiger partial charge on any atom is -0.393 e. The average molecular weight is 318 g/mol. The summed E-state index contributed by atoms with van der Waals surface area (Å²) < 4.78 is 0. The van der Waals surface area contributed by atoms with E-state index in [1.807, 2.05) is 6.92 Å². The van der Waals surface area contributed by atoms with E-state index in [1.54, 1.807) is 0 Å². The van der Waals surface area contributed by atoms with Crippen LogP contribution in [0.2, 0.25) is 0 Å². The van der Waals surface area contributed by atoms with Gasteiger partial charge in [0.25, 0.3) is 0 Å². The number of carbonyl (C=O) groups excluding carboxylic acids is 2. The van der Waals surface area contributed by atoms with E-state index in [1.165, 1.54) is 0 Å². The van der Waals surface area contributed by atoms with Crippen molar-refractivity contribution < 1.29 is 19.8 Å². The van der Waals surface area contributed by atoms with Gasteiger partial charge in [-0.15, -0.1) is 0 Å². The minimum atomic E-state index is -0.825. The van der Waals surface area contributed by atoms with Crippen LogP contribution in [0.1, 0.15) is 51.9 Å². The zero-order valence-electron chi connectivity index (χ0n) is 13.7. The Morgan fingerprint density at radius 3 is 2.74 bits per heavy atom. The smallest absolute Gasteiger partial charge is 0.167 e. The van der Waals surface area contributed by atoms with Crippen LogP contribution in [-0.2, 0) is 9.59 Å². The molecule has 4 aliphatic carbocycles. The second-order valence-electron chi connectivity index (χ2n) is 8.47. The second-order valence-corrected chi connectivity index (χ2v) is 8.47. The first-order valence-electron chi connectivity index (χ1n) is 8.98. The molecule has 0 heterocycles. The molecule has 4 aliphatic rings. The molecule has 3 saturated carbocycles. The van der Waals surface area contributed by atoms with Crippen LogP contribution in [-0.4, -0.2) is 34.5 Å². The molecule has 126 valence electrons. The lowest BCUT2D eigenvalue weighted by atomic mass is 9.48. The van der Waals surface area contributed by atoms with Crippen molar-refractivity contribution in [3.63, 3.8) is 0 Å². The lowest BCUT2D eigenvalue weighted by Gasteiger charge is -2.55. The summed E-state index contributed by atoms with van der Waals surface area (Å²) in [6, 6.07) is 0. The van der Waals surface area contributed by atoms with Crippen molar-refractivity contribution in [1.82, 2.24) is 0 Å². The topological polar surface area (TPSA) is 74.6 Å². The summed E-state index contributed by atoms with van der Waals surface area (Å²) in [5, 5.41) is 20.1. The fourth-order valence-corrected chi connectivity index (χ4v) is 6.35. The molecule has 0 amide bonds. The molecule has 0 aromatic heterocycles. The normalized spacial score (nSPS) is 52.2. The number of carbonyl (C=O) groups is 2. The molecule has 2 N–H and O–H groups in total. The summed E-state index contributed by atoms with van der Waals surface area (Å²) in [4.78, 5) is 24.6. The number of Topliss-reactive ketones (excluding diaryl/α,β-unsaturated/α-hetero) is 1. The fraction of sp³-hybridized carbons (Fsp3) is 0.789. The molecule has 0 bridgehead atoms. The molecule has 4 heteroatoms. The summed E-state index contributed by atoms with van der Waals surface area (Å²) in [5.41, 5.74) is 0.283. The van der Waals surface area contributed by atoms with Crippen LogP contribution in [0.3, 0.4) is 0 Å². The Morgan fingerprint density at radius 1 is 1.22 bits per heavy atom. The third-order valence-corrected chi connectivity index (χ3v) is 7.62. The van der Waals surface area contributed by atoms with Crippen molar-refractivity contribution in [2.24, 2.45) is 28.6 Å². The molecule has 0 radical (unpaired) electrons. The fourth-order valence-electron chi connectivity index (χ4n) is 6.35. The average Bonchev–Trinajstić information content (AvgIpc) is 2.78. The summed E-state index contributed by atoms with van der Waals surface area (Å²) >= 11 is 0. The highest BCUT2D eigenvalue weighted by Gasteiger charge is 2.61. The second kappa shape index (κ2) is 5.00. The van der Waals surface area contributed by atoms with Gasteiger partial charge >= 0.3 is 0 Å². The number of hydrogen-bond donors (Lipinski definition) is 2. The Labute approximate surface area is 137 Å². The molecule has 4 nitrogen and oxygen atoms in total. The van der Waals surface area contributed by atoms with Gasteiger partial charge in [0.1, 0.15) is 12.4 Å². The van der Waals surface area contributed by atoms with Gasteiger partial charge in [0.05, 0.1) is 11.5 Å². The van der Waals surface area contributed by atoms with Crippen LogP contribution in [0.4, 0.5) is 0 Å². The summed E-state index contributed by atoms with van der Waals surface area (Å²) in [7, 11) is 0. The number of rotatable bonds is 1. The van der Waals surface area contributed by atoms with Crippen molar-refractivity contribution in [3.8, 4) is 0 Å². The van der Waals surface area contributed by atoms with Gasteiger partial charge in [-0.3, -0.25) is 4.79 Å². The zero-order valence-corrected chi connectivity index (χ0v) is 13.7. The van der Waals surface area contributed by atoms with Crippen molar-refractivity contribution in [2.45, 2.75) is 64.1 Å². The highest BCUT2D eigenvalue weighted by molar-refractivity contribution is 5.91. The molecule has 3 fully saturated rings. The maximum Gasteiger partial charge on any atom is 0.167 e. The van der Waals surface area contributed by atoms with Gasteiger partial charge in [0.15, 0.2) is 5.78 Å². The van der Waals surface area contributed by atoms with Gasteiger partial charge in [-0.05, 0) is 62.7 Å². The number of allylic oxidation sites excluding steroid dienone is 1. The van der Waals surface area contributed by atoms with Crippen molar-refractivity contribution >= 4 is 12.1 Å². The highest BCUT2D eigenvalue weighted by Crippen LogP contribution is 2.63. The summed E-state index contributed by atoms with van der Waals surface area (Å²) in [5.74, 6) is 0.767. The van der Waals surface area contributed by atoms with Crippen LogP contribution in [0.15, 0.2) is 11.6 Å². The predicted molar refractivity (Wildman–Crippen MR) is 84.5 cm³/mol. The van der Waals surface area contributed by atoms with Crippen LogP contribution in [0, 0.1) is 28.6 Å². The van der Waals surface area contributed by atoms with Crippen LogP contribution < -0.4 is 0 Å². The van der Waals surface area contributed by atoms with E-state index in [2.05, 4.69) is 6.08 Å². The lowest BCUT2D eigenvalue weighted by molar-refractivity contribution is -0.138. The van der Waals surface area contributed by atoms with E-state index in [-0.39, 0.29) is 23.7 Å².